The van der Waals surface area contributed by atoms with Crippen LogP contribution in [0.1, 0.15) is 11.6 Å². The molecule has 20 heavy (non-hydrogen) atoms. The van der Waals surface area contributed by atoms with Gasteiger partial charge in [-0.2, -0.15) is 0 Å². The summed E-state index contributed by atoms with van der Waals surface area (Å²) in [7, 11) is 1.99. The molecular formula is C16H17N3O. The van der Waals surface area contributed by atoms with Crippen LogP contribution in [0.3, 0.4) is 0 Å². The van der Waals surface area contributed by atoms with Crippen LogP contribution in [0.25, 0.3) is 22.4 Å². The minimum atomic E-state index is -0.352. The molecule has 0 aliphatic carbocycles. The van der Waals surface area contributed by atoms with Crippen LogP contribution in [0, 0.1) is 0 Å². The summed E-state index contributed by atoms with van der Waals surface area (Å²) < 4.78 is 2.05. The highest BCUT2D eigenvalue weighted by molar-refractivity contribution is 5.81. The third-order valence-corrected chi connectivity index (χ3v) is 3.56. The predicted octanol–water partition coefficient (Wildman–Crippen LogP) is 2.23. The molecule has 0 saturated carbocycles. The fourth-order valence-electron chi connectivity index (χ4n) is 2.39. The van der Waals surface area contributed by atoms with Crippen molar-refractivity contribution in [1.29, 1.82) is 0 Å². The molecule has 4 heteroatoms. The van der Waals surface area contributed by atoms with Crippen molar-refractivity contribution < 1.29 is 5.11 Å². The number of imidazole rings is 1. The molecule has 0 aliphatic heterocycles. The molecule has 0 saturated heterocycles. The van der Waals surface area contributed by atoms with Crippen LogP contribution < -0.4 is 5.73 Å². The molecule has 0 aliphatic rings. The molecule has 0 fully saturated rings. The molecule has 3 rings (SSSR count). The van der Waals surface area contributed by atoms with Gasteiger partial charge in [0.2, 0.25) is 0 Å². The summed E-state index contributed by atoms with van der Waals surface area (Å²) in [6, 6.07) is 15.6. The summed E-state index contributed by atoms with van der Waals surface area (Å²) in [4.78, 5) is 4.67. The molecule has 0 amide bonds. The predicted molar refractivity (Wildman–Crippen MR) is 80.2 cm³/mol. The minimum Gasteiger partial charge on any atom is -0.394 e. The van der Waals surface area contributed by atoms with E-state index in [-0.39, 0.29) is 12.6 Å². The summed E-state index contributed by atoms with van der Waals surface area (Å²) >= 11 is 0. The number of aliphatic hydroxyl groups excluding tert-OH is 1. The Morgan fingerprint density at radius 2 is 1.95 bits per heavy atom. The Morgan fingerprint density at radius 1 is 1.20 bits per heavy atom. The van der Waals surface area contributed by atoms with E-state index in [1.165, 1.54) is 0 Å². The molecule has 0 bridgehead atoms. The zero-order valence-electron chi connectivity index (χ0n) is 11.3. The Morgan fingerprint density at radius 3 is 2.65 bits per heavy atom. The highest BCUT2D eigenvalue weighted by Gasteiger charge is 2.12. The van der Waals surface area contributed by atoms with Gasteiger partial charge >= 0.3 is 0 Å². The van der Waals surface area contributed by atoms with Gasteiger partial charge in [-0.1, -0.05) is 36.4 Å². The van der Waals surface area contributed by atoms with E-state index in [9.17, 15) is 0 Å². The Balaban J connectivity index is 2.16. The average Bonchev–Trinajstić information content (AvgIpc) is 2.84. The molecule has 0 radical (unpaired) electrons. The lowest BCUT2D eigenvalue weighted by Gasteiger charge is -2.08. The van der Waals surface area contributed by atoms with Gasteiger partial charge in [-0.15, -0.1) is 0 Å². The molecule has 1 unspecified atom stereocenters. The number of hydrogen-bond donors (Lipinski definition) is 2. The van der Waals surface area contributed by atoms with Crippen molar-refractivity contribution in [3.05, 3.63) is 54.1 Å². The molecule has 4 nitrogen and oxygen atoms in total. The van der Waals surface area contributed by atoms with E-state index < -0.39 is 0 Å². The van der Waals surface area contributed by atoms with Crippen molar-refractivity contribution in [2.45, 2.75) is 6.04 Å². The van der Waals surface area contributed by atoms with Gasteiger partial charge in [0, 0.05) is 12.6 Å². The summed E-state index contributed by atoms with van der Waals surface area (Å²) in [5.41, 5.74) is 9.82. The fraction of sp³-hybridized carbons (Fsp3) is 0.188. The molecule has 1 heterocycles. The van der Waals surface area contributed by atoms with Crippen LogP contribution in [0.5, 0.6) is 0 Å². The average molecular weight is 267 g/mol. The second kappa shape index (κ2) is 5.07. The lowest BCUT2D eigenvalue weighted by Crippen LogP contribution is -2.14. The molecule has 3 aromatic rings. The maximum absolute atomic E-state index is 9.17. The molecule has 3 N–H and O–H groups in total. The Kier molecular flexibility index (Phi) is 3.26. The Labute approximate surface area is 117 Å². The van der Waals surface area contributed by atoms with Crippen molar-refractivity contribution in [1.82, 2.24) is 9.55 Å². The number of benzene rings is 2. The van der Waals surface area contributed by atoms with E-state index in [4.69, 9.17) is 10.8 Å². The first kappa shape index (κ1) is 12.8. The number of hydrogen-bond acceptors (Lipinski definition) is 3. The largest absolute Gasteiger partial charge is 0.394 e. The molecule has 1 aromatic heterocycles. The van der Waals surface area contributed by atoms with Crippen LogP contribution in [0.4, 0.5) is 0 Å². The fourth-order valence-corrected chi connectivity index (χ4v) is 2.39. The number of nitrogens with zero attached hydrogens (tertiary/aromatic N) is 2. The third-order valence-electron chi connectivity index (χ3n) is 3.56. The van der Waals surface area contributed by atoms with Gasteiger partial charge in [-0.25, -0.2) is 4.98 Å². The first-order chi connectivity index (χ1) is 9.70. The van der Waals surface area contributed by atoms with Crippen LogP contribution in [-0.4, -0.2) is 21.3 Å². The lowest BCUT2D eigenvalue weighted by molar-refractivity contribution is 0.268. The number of aliphatic hydroxyl groups is 1. The number of rotatable bonds is 3. The SMILES string of the molecule is Cn1c(-c2ccccc2)nc2ccc(C(N)CO)cc21. The standard InChI is InChI=1S/C16H17N3O/c1-19-15-9-12(13(17)10-20)7-8-14(15)18-16(19)11-5-3-2-4-6-11/h2-9,13,20H,10,17H2,1H3. The quantitative estimate of drug-likeness (QED) is 0.765. The molecule has 2 aromatic carbocycles. The van der Waals surface area contributed by atoms with Gasteiger partial charge in [0.25, 0.3) is 0 Å². The zero-order chi connectivity index (χ0) is 14.1. The van der Waals surface area contributed by atoms with Crippen molar-refractivity contribution in [2.24, 2.45) is 12.8 Å². The van der Waals surface area contributed by atoms with Gasteiger partial charge < -0.3 is 15.4 Å². The maximum atomic E-state index is 9.17. The topological polar surface area (TPSA) is 64.1 Å². The van der Waals surface area contributed by atoms with Crippen LogP contribution >= 0.6 is 0 Å². The first-order valence-electron chi connectivity index (χ1n) is 6.59. The van der Waals surface area contributed by atoms with Crippen molar-refractivity contribution in [3.63, 3.8) is 0 Å². The Hall–Kier alpha value is -2.17. The highest BCUT2D eigenvalue weighted by Crippen LogP contribution is 2.25. The van der Waals surface area contributed by atoms with E-state index in [1.807, 2.05) is 55.6 Å². The summed E-state index contributed by atoms with van der Waals surface area (Å²) in [6.45, 7) is -0.0606. The number of fused-ring (bicyclic) bond motifs is 1. The third kappa shape index (κ3) is 2.09. The monoisotopic (exact) mass is 267 g/mol. The summed E-state index contributed by atoms with van der Waals surface area (Å²) in [5, 5.41) is 9.17. The van der Waals surface area contributed by atoms with Crippen molar-refractivity contribution >= 4 is 11.0 Å². The molecule has 1 atom stereocenters. The van der Waals surface area contributed by atoms with Crippen molar-refractivity contribution in [2.75, 3.05) is 6.61 Å². The second-order valence-electron chi connectivity index (χ2n) is 4.90. The first-order valence-corrected chi connectivity index (χ1v) is 6.59. The summed E-state index contributed by atoms with van der Waals surface area (Å²) in [5.74, 6) is 0.926. The zero-order valence-corrected chi connectivity index (χ0v) is 11.3. The second-order valence-corrected chi connectivity index (χ2v) is 4.90. The van der Waals surface area contributed by atoms with E-state index >= 15 is 0 Å². The number of aryl methyl sites for hydroxylation is 1. The van der Waals surface area contributed by atoms with E-state index in [0.29, 0.717) is 0 Å². The normalized spacial score (nSPS) is 12.8. The molecular weight excluding hydrogens is 250 g/mol. The smallest absolute Gasteiger partial charge is 0.140 e. The van der Waals surface area contributed by atoms with Crippen LogP contribution in [0.2, 0.25) is 0 Å². The van der Waals surface area contributed by atoms with Gasteiger partial charge in [0.05, 0.1) is 23.7 Å². The number of aromatic nitrogens is 2. The van der Waals surface area contributed by atoms with Gasteiger partial charge in [0.15, 0.2) is 0 Å². The van der Waals surface area contributed by atoms with Crippen molar-refractivity contribution in [3.8, 4) is 11.4 Å². The lowest BCUT2D eigenvalue weighted by atomic mass is 10.1. The van der Waals surface area contributed by atoms with E-state index in [0.717, 1.165) is 28.0 Å². The highest BCUT2D eigenvalue weighted by atomic mass is 16.3. The number of nitrogens with two attached hydrogens (primary N) is 1. The van der Waals surface area contributed by atoms with Gasteiger partial charge in [-0.3, -0.25) is 0 Å². The van der Waals surface area contributed by atoms with E-state index in [1.54, 1.807) is 0 Å². The van der Waals surface area contributed by atoms with Gasteiger partial charge in [0.1, 0.15) is 5.82 Å². The maximum Gasteiger partial charge on any atom is 0.140 e. The van der Waals surface area contributed by atoms with Crippen LogP contribution in [0.15, 0.2) is 48.5 Å². The Bertz CT molecular complexity index is 734. The van der Waals surface area contributed by atoms with Crippen LogP contribution in [-0.2, 0) is 7.05 Å². The van der Waals surface area contributed by atoms with Gasteiger partial charge in [-0.05, 0) is 17.7 Å². The molecule has 0 spiro atoms. The molecule has 102 valence electrons. The van der Waals surface area contributed by atoms with E-state index in [2.05, 4.69) is 9.55 Å². The minimum absolute atomic E-state index is 0.0606. The summed E-state index contributed by atoms with van der Waals surface area (Å²) in [6.07, 6.45) is 0.